The van der Waals surface area contributed by atoms with E-state index in [-0.39, 0.29) is 0 Å². The molecule has 0 radical (unpaired) electrons. The average molecular weight is 305 g/mol. The van der Waals surface area contributed by atoms with Crippen molar-refractivity contribution in [1.82, 2.24) is 5.32 Å². The Labute approximate surface area is 135 Å². The van der Waals surface area contributed by atoms with E-state index in [9.17, 15) is 0 Å². The summed E-state index contributed by atoms with van der Waals surface area (Å²) in [5.41, 5.74) is 4.15. The Kier molecular flexibility index (Phi) is 3.27. The van der Waals surface area contributed by atoms with Gasteiger partial charge in [-0.1, -0.05) is 29.8 Å². The smallest absolute Gasteiger partial charge is 0.0483 e. The molecule has 2 aromatic carbocycles. The molecular weight excluding hydrogens is 286 g/mol. The van der Waals surface area contributed by atoms with Gasteiger partial charge in [0, 0.05) is 26.2 Å². The third-order valence-corrected chi connectivity index (χ3v) is 5.58. The highest BCUT2D eigenvalue weighted by Crippen LogP contribution is 2.37. The minimum absolute atomic E-state index is 0.333. The summed E-state index contributed by atoms with van der Waals surface area (Å²) < 4.78 is 2.76. The predicted octanol–water partition coefficient (Wildman–Crippen LogP) is 5.72. The van der Waals surface area contributed by atoms with Crippen LogP contribution in [0.4, 0.5) is 0 Å². The van der Waals surface area contributed by atoms with Gasteiger partial charge in [0.2, 0.25) is 0 Å². The Bertz CT molecular complexity index is 914. The number of fused-ring (bicyclic) bond motifs is 4. The highest BCUT2D eigenvalue weighted by Gasteiger charge is 2.14. The van der Waals surface area contributed by atoms with Crippen molar-refractivity contribution >= 4 is 31.5 Å². The van der Waals surface area contributed by atoms with Crippen LogP contribution in [0.3, 0.4) is 0 Å². The van der Waals surface area contributed by atoms with E-state index in [0.717, 1.165) is 6.42 Å². The molecule has 2 heteroatoms. The van der Waals surface area contributed by atoms with Crippen LogP contribution >= 0.6 is 11.3 Å². The van der Waals surface area contributed by atoms with Crippen LogP contribution in [0.15, 0.2) is 60.3 Å². The average Bonchev–Trinajstić information content (AvgIpc) is 2.91. The van der Waals surface area contributed by atoms with E-state index in [1.54, 1.807) is 0 Å². The summed E-state index contributed by atoms with van der Waals surface area (Å²) in [6.07, 6.45) is 7.54. The molecule has 0 saturated heterocycles. The van der Waals surface area contributed by atoms with Crippen LogP contribution in [-0.4, -0.2) is 0 Å². The molecule has 0 amide bonds. The van der Waals surface area contributed by atoms with E-state index in [0.29, 0.717) is 6.04 Å². The number of hydrogen-bond acceptors (Lipinski definition) is 2. The fourth-order valence-electron chi connectivity index (χ4n) is 3.16. The van der Waals surface area contributed by atoms with Gasteiger partial charge in [-0.3, -0.25) is 0 Å². The summed E-state index contributed by atoms with van der Waals surface area (Å²) in [5, 5.41) is 6.27. The van der Waals surface area contributed by atoms with Crippen LogP contribution in [0.25, 0.3) is 20.2 Å². The van der Waals surface area contributed by atoms with Gasteiger partial charge in [0.15, 0.2) is 0 Å². The molecule has 0 saturated carbocycles. The minimum atomic E-state index is 0.333. The van der Waals surface area contributed by atoms with Gasteiger partial charge in [-0.2, -0.15) is 0 Å². The molecule has 0 aliphatic carbocycles. The third-order valence-electron chi connectivity index (χ3n) is 4.44. The zero-order chi connectivity index (χ0) is 15.1. The van der Waals surface area contributed by atoms with Gasteiger partial charge in [-0.15, -0.1) is 11.3 Å². The van der Waals surface area contributed by atoms with Crippen LogP contribution in [0.5, 0.6) is 0 Å². The lowest BCUT2D eigenvalue weighted by Crippen LogP contribution is -2.13. The molecule has 1 aliphatic heterocycles. The number of allylic oxidation sites excluding steroid dienone is 3. The van der Waals surface area contributed by atoms with Crippen LogP contribution in [0.1, 0.15) is 31.0 Å². The van der Waals surface area contributed by atoms with Crippen molar-refractivity contribution < 1.29 is 0 Å². The maximum Gasteiger partial charge on any atom is 0.0483 e. The lowest BCUT2D eigenvalue weighted by molar-refractivity contribution is 0.682. The van der Waals surface area contributed by atoms with Crippen molar-refractivity contribution in [1.29, 1.82) is 0 Å². The zero-order valence-electron chi connectivity index (χ0n) is 12.9. The van der Waals surface area contributed by atoms with Crippen molar-refractivity contribution in [2.24, 2.45) is 0 Å². The van der Waals surface area contributed by atoms with E-state index in [2.05, 4.69) is 73.9 Å². The first-order chi connectivity index (χ1) is 10.7. The molecule has 22 heavy (non-hydrogen) atoms. The summed E-state index contributed by atoms with van der Waals surface area (Å²) in [6.45, 7) is 4.40. The summed E-state index contributed by atoms with van der Waals surface area (Å²) >= 11 is 1.89. The van der Waals surface area contributed by atoms with E-state index in [1.165, 1.54) is 36.9 Å². The first-order valence-corrected chi connectivity index (χ1v) is 8.57. The van der Waals surface area contributed by atoms with Gasteiger partial charge in [-0.25, -0.2) is 0 Å². The molecule has 4 rings (SSSR count). The van der Waals surface area contributed by atoms with Crippen LogP contribution in [-0.2, 0) is 6.42 Å². The molecule has 1 aliphatic rings. The lowest BCUT2D eigenvalue weighted by atomic mass is 9.96. The van der Waals surface area contributed by atoms with Crippen molar-refractivity contribution in [3.05, 3.63) is 71.5 Å². The molecule has 1 nitrogen and oxygen atoms in total. The second-order valence-corrected chi connectivity index (χ2v) is 7.10. The third kappa shape index (κ3) is 2.24. The summed E-state index contributed by atoms with van der Waals surface area (Å²) in [7, 11) is 0. The Balaban J connectivity index is 1.98. The van der Waals surface area contributed by atoms with E-state index in [1.807, 2.05) is 11.3 Å². The second-order valence-electron chi connectivity index (χ2n) is 6.02. The van der Waals surface area contributed by atoms with Gasteiger partial charge >= 0.3 is 0 Å². The Morgan fingerprint density at radius 3 is 2.86 bits per heavy atom. The van der Waals surface area contributed by atoms with Crippen molar-refractivity contribution in [3.8, 4) is 0 Å². The molecule has 3 aromatic rings. The molecular formula is C20H19NS. The monoisotopic (exact) mass is 305 g/mol. The van der Waals surface area contributed by atoms with Crippen molar-refractivity contribution in [3.63, 3.8) is 0 Å². The molecule has 2 heterocycles. The highest BCUT2D eigenvalue weighted by atomic mass is 32.1. The molecule has 1 N–H and O–H groups in total. The molecule has 0 spiro atoms. The summed E-state index contributed by atoms with van der Waals surface area (Å²) in [6, 6.07) is 13.8. The quantitative estimate of drug-likeness (QED) is 0.560. The fraction of sp³-hybridized carbons (Fsp3) is 0.200. The first kappa shape index (κ1) is 13.6. The summed E-state index contributed by atoms with van der Waals surface area (Å²) in [4.78, 5) is 0. The maximum absolute atomic E-state index is 3.49. The molecule has 0 bridgehead atoms. The number of nitrogens with one attached hydrogen (secondary N) is 1. The van der Waals surface area contributed by atoms with E-state index < -0.39 is 0 Å². The van der Waals surface area contributed by atoms with Gasteiger partial charge in [0.25, 0.3) is 0 Å². The Morgan fingerprint density at radius 2 is 1.95 bits per heavy atom. The first-order valence-electron chi connectivity index (χ1n) is 7.76. The van der Waals surface area contributed by atoms with Crippen molar-refractivity contribution in [2.75, 3.05) is 0 Å². The second kappa shape index (κ2) is 5.29. The number of hydrogen-bond donors (Lipinski definition) is 1. The largest absolute Gasteiger partial charge is 0.384 e. The van der Waals surface area contributed by atoms with Crippen LogP contribution < -0.4 is 5.32 Å². The summed E-state index contributed by atoms with van der Waals surface area (Å²) in [5.74, 6) is 0. The molecule has 1 unspecified atom stereocenters. The van der Waals surface area contributed by atoms with E-state index >= 15 is 0 Å². The SMILES string of the molecule is CC1=CCc2cc3c(cc2C(C)NC=C1)sc1ccccc13. The highest BCUT2D eigenvalue weighted by molar-refractivity contribution is 7.25. The van der Waals surface area contributed by atoms with Crippen LogP contribution in [0.2, 0.25) is 0 Å². The zero-order valence-corrected chi connectivity index (χ0v) is 13.7. The van der Waals surface area contributed by atoms with E-state index in [4.69, 9.17) is 0 Å². The fourth-order valence-corrected chi connectivity index (χ4v) is 4.30. The van der Waals surface area contributed by atoms with Crippen LogP contribution in [0, 0.1) is 0 Å². The Morgan fingerprint density at radius 1 is 1.09 bits per heavy atom. The predicted molar refractivity (Wildman–Crippen MR) is 97.5 cm³/mol. The number of benzene rings is 2. The molecule has 1 aromatic heterocycles. The minimum Gasteiger partial charge on any atom is -0.384 e. The van der Waals surface area contributed by atoms with Gasteiger partial charge in [0.05, 0.1) is 0 Å². The Hall–Kier alpha value is -2.06. The molecule has 1 atom stereocenters. The van der Waals surface area contributed by atoms with Gasteiger partial charge in [0.1, 0.15) is 0 Å². The standard InChI is InChI=1S/C20H19NS/c1-13-7-8-15-11-18-16-5-3-4-6-19(16)22-20(18)12-17(15)14(2)21-10-9-13/h3-7,9-12,14,21H,8H2,1-2H3. The normalized spacial score (nSPS) is 18.3. The number of thiophene rings is 1. The number of rotatable bonds is 0. The van der Waals surface area contributed by atoms with Gasteiger partial charge in [-0.05, 0) is 61.9 Å². The molecule has 0 fully saturated rings. The molecule has 110 valence electrons. The van der Waals surface area contributed by atoms with Gasteiger partial charge < -0.3 is 5.32 Å². The maximum atomic E-state index is 3.49. The van der Waals surface area contributed by atoms with Crippen molar-refractivity contribution in [2.45, 2.75) is 26.3 Å². The lowest BCUT2D eigenvalue weighted by Gasteiger charge is -2.16. The topological polar surface area (TPSA) is 12.0 Å².